The van der Waals surface area contributed by atoms with Gasteiger partial charge in [0.1, 0.15) is 5.82 Å². The van der Waals surface area contributed by atoms with Crippen LogP contribution in [-0.4, -0.2) is 67.7 Å². The van der Waals surface area contributed by atoms with Gasteiger partial charge in [-0.15, -0.1) is 0 Å². The van der Waals surface area contributed by atoms with E-state index in [0.717, 1.165) is 37.9 Å². The number of carbonyl (C=O) groups excluding carboxylic acids is 1. The average molecular weight is 631 g/mol. The fourth-order valence-corrected chi connectivity index (χ4v) is 6.86. The summed E-state index contributed by atoms with van der Waals surface area (Å²) in [5.74, 6) is -0.449. The lowest BCUT2D eigenvalue weighted by Gasteiger charge is -2.37. The Bertz CT molecular complexity index is 1240. The highest BCUT2D eigenvalue weighted by molar-refractivity contribution is 5.79. The molecule has 1 saturated carbocycles. The number of morpholine rings is 1. The van der Waals surface area contributed by atoms with Gasteiger partial charge in [-0.25, -0.2) is 4.39 Å². The molecule has 3 aliphatic rings. The Morgan fingerprint density at radius 3 is 2.05 bits per heavy atom. The van der Waals surface area contributed by atoms with Gasteiger partial charge in [0, 0.05) is 31.5 Å². The summed E-state index contributed by atoms with van der Waals surface area (Å²) in [6.45, 7) is 5.94. The molecule has 5 rings (SSSR count). The smallest absolute Gasteiger partial charge is 0.378 e. The molecular weight excluding hydrogens is 593 g/mol. The molecule has 44 heavy (non-hydrogen) atoms. The molecule has 2 saturated heterocycles. The van der Waals surface area contributed by atoms with E-state index < -0.39 is 41.5 Å². The zero-order valence-electron chi connectivity index (χ0n) is 24.5. The van der Waals surface area contributed by atoms with Crippen molar-refractivity contribution in [3.05, 3.63) is 70.5 Å². The van der Waals surface area contributed by atoms with Crippen LogP contribution in [0.15, 0.2) is 42.5 Å². The van der Waals surface area contributed by atoms with Gasteiger partial charge in [-0.3, -0.25) is 4.79 Å². The van der Waals surface area contributed by atoms with Gasteiger partial charge in [-0.1, -0.05) is 12.1 Å². The molecule has 0 aromatic heterocycles. The molecule has 2 heterocycles. The molecule has 0 N–H and O–H groups in total. The van der Waals surface area contributed by atoms with E-state index in [0.29, 0.717) is 51.4 Å². The predicted octanol–water partition coefficient (Wildman–Crippen LogP) is 7.07. The Kier molecular flexibility index (Phi) is 9.91. The summed E-state index contributed by atoms with van der Waals surface area (Å²) >= 11 is 0. The standard InChI is InChI=1S/C32H37F7N2O3/c1-20(24-16-25(31(34,35)36)18-26(17-24)32(37,38)39)44-28-7-4-23(29(28)21-2-5-27(33)6-3-21)19-40-10-8-22(9-11-40)30(42)41-12-14-43-15-13-41/h2-3,5-6,16-18,20,22-23,28-29H,4,7-15,19H2,1H3/t20-,23+,28+,29+/m1/s1. The lowest BCUT2D eigenvalue weighted by Crippen LogP contribution is -2.47. The van der Waals surface area contributed by atoms with E-state index in [2.05, 4.69) is 4.90 Å². The molecule has 1 amide bonds. The highest BCUT2D eigenvalue weighted by Gasteiger charge is 2.42. The molecule has 0 spiro atoms. The normalized spacial score (nSPS) is 24.9. The summed E-state index contributed by atoms with van der Waals surface area (Å²) in [6, 6.07) is 7.55. The van der Waals surface area contributed by atoms with Gasteiger partial charge in [0.2, 0.25) is 5.91 Å². The minimum atomic E-state index is -4.95. The Morgan fingerprint density at radius 1 is 0.886 bits per heavy atom. The van der Waals surface area contributed by atoms with Crippen molar-refractivity contribution < 1.29 is 45.0 Å². The first-order valence-corrected chi connectivity index (χ1v) is 15.1. The number of nitrogens with zero attached hydrogens (tertiary/aromatic N) is 2. The molecule has 5 nitrogen and oxygen atoms in total. The molecule has 242 valence electrons. The fraction of sp³-hybridized carbons (Fsp3) is 0.594. The Labute approximate surface area is 252 Å². The molecule has 1 aliphatic carbocycles. The van der Waals surface area contributed by atoms with E-state index in [-0.39, 0.29) is 35.3 Å². The van der Waals surface area contributed by atoms with E-state index in [1.807, 2.05) is 4.90 Å². The van der Waals surface area contributed by atoms with Crippen molar-refractivity contribution in [2.75, 3.05) is 45.9 Å². The summed E-state index contributed by atoms with van der Waals surface area (Å²) in [5, 5.41) is 0. The summed E-state index contributed by atoms with van der Waals surface area (Å²) in [4.78, 5) is 17.1. The first-order chi connectivity index (χ1) is 20.8. The van der Waals surface area contributed by atoms with Crippen molar-refractivity contribution in [1.82, 2.24) is 9.80 Å². The quantitative estimate of drug-likeness (QED) is 0.307. The van der Waals surface area contributed by atoms with Crippen LogP contribution in [0.5, 0.6) is 0 Å². The van der Waals surface area contributed by atoms with E-state index in [1.54, 1.807) is 12.1 Å². The third-order valence-electron chi connectivity index (χ3n) is 9.20. The number of alkyl halides is 6. The van der Waals surface area contributed by atoms with Gasteiger partial charge >= 0.3 is 12.4 Å². The number of hydrogen-bond acceptors (Lipinski definition) is 4. The number of ether oxygens (including phenoxy) is 2. The topological polar surface area (TPSA) is 42.0 Å². The number of amides is 1. The number of carbonyl (C=O) groups is 1. The molecule has 4 atom stereocenters. The van der Waals surface area contributed by atoms with Crippen LogP contribution in [0.1, 0.15) is 66.9 Å². The molecule has 2 aliphatic heterocycles. The van der Waals surface area contributed by atoms with Crippen molar-refractivity contribution in [1.29, 1.82) is 0 Å². The number of piperidine rings is 1. The third-order valence-corrected chi connectivity index (χ3v) is 9.20. The van der Waals surface area contributed by atoms with Crippen LogP contribution in [0.25, 0.3) is 0 Å². The summed E-state index contributed by atoms with van der Waals surface area (Å²) in [6.07, 6.45) is -8.71. The van der Waals surface area contributed by atoms with Crippen LogP contribution in [0.3, 0.4) is 0 Å². The second-order valence-corrected chi connectivity index (χ2v) is 12.1. The van der Waals surface area contributed by atoms with Crippen molar-refractivity contribution in [3.63, 3.8) is 0 Å². The van der Waals surface area contributed by atoms with Crippen LogP contribution < -0.4 is 0 Å². The average Bonchev–Trinajstić information content (AvgIpc) is 3.38. The highest BCUT2D eigenvalue weighted by atomic mass is 19.4. The number of halogens is 7. The minimum absolute atomic E-state index is 0.0354. The minimum Gasteiger partial charge on any atom is -0.378 e. The van der Waals surface area contributed by atoms with Crippen LogP contribution in [-0.2, 0) is 26.6 Å². The van der Waals surface area contributed by atoms with Crippen molar-refractivity contribution in [3.8, 4) is 0 Å². The lowest BCUT2D eigenvalue weighted by atomic mass is 9.86. The first kappa shape index (κ1) is 32.7. The lowest BCUT2D eigenvalue weighted by molar-refractivity contribution is -0.143. The van der Waals surface area contributed by atoms with Gasteiger partial charge in [0.25, 0.3) is 0 Å². The second kappa shape index (κ2) is 13.3. The first-order valence-electron chi connectivity index (χ1n) is 15.1. The van der Waals surface area contributed by atoms with Crippen LogP contribution in [0.2, 0.25) is 0 Å². The maximum absolute atomic E-state index is 13.8. The number of benzene rings is 2. The summed E-state index contributed by atoms with van der Waals surface area (Å²) in [5.41, 5.74) is -2.16. The van der Waals surface area contributed by atoms with Gasteiger partial charge in [-0.2, -0.15) is 26.3 Å². The van der Waals surface area contributed by atoms with Crippen LogP contribution in [0.4, 0.5) is 30.7 Å². The predicted molar refractivity (Wildman–Crippen MR) is 148 cm³/mol. The number of rotatable bonds is 7. The summed E-state index contributed by atoms with van der Waals surface area (Å²) < 4.78 is 106. The molecule has 12 heteroatoms. The number of hydrogen-bond donors (Lipinski definition) is 0. The van der Waals surface area contributed by atoms with E-state index in [4.69, 9.17) is 9.47 Å². The maximum Gasteiger partial charge on any atom is 0.416 e. The van der Waals surface area contributed by atoms with E-state index in [1.165, 1.54) is 19.1 Å². The van der Waals surface area contributed by atoms with E-state index in [9.17, 15) is 35.5 Å². The molecular formula is C32H37F7N2O3. The largest absolute Gasteiger partial charge is 0.416 e. The second-order valence-electron chi connectivity index (χ2n) is 12.1. The van der Waals surface area contributed by atoms with E-state index >= 15 is 0 Å². The third kappa shape index (κ3) is 7.74. The van der Waals surface area contributed by atoms with Crippen molar-refractivity contribution in [2.45, 2.75) is 63.1 Å². The monoisotopic (exact) mass is 630 g/mol. The molecule has 0 radical (unpaired) electrons. The Morgan fingerprint density at radius 2 is 1.48 bits per heavy atom. The van der Waals surface area contributed by atoms with Gasteiger partial charge in [-0.05, 0) is 93.1 Å². The molecule has 2 aromatic rings. The molecule has 0 unspecified atom stereocenters. The Balaban J connectivity index is 1.29. The zero-order chi connectivity index (χ0) is 31.6. The Hall–Kier alpha value is -2.70. The van der Waals surface area contributed by atoms with Crippen molar-refractivity contribution in [2.24, 2.45) is 11.8 Å². The van der Waals surface area contributed by atoms with Gasteiger partial charge in [0.15, 0.2) is 0 Å². The zero-order valence-corrected chi connectivity index (χ0v) is 24.5. The van der Waals surface area contributed by atoms with Crippen molar-refractivity contribution >= 4 is 5.91 Å². The maximum atomic E-state index is 13.8. The highest BCUT2D eigenvalue weighted by Crippen LogP contribution is 2.45. The fourth-order valence-electron chi connectivity index (χ4n) is 6.86. The van der Waals surface area contributed by atoms with Crippen LogP contribution in [0, 0.1) is 17.7 Å². The summed E-state index contributed by atoms with van der Waals surface area (Å²) in [7, 11) is 0. The van der Waals surface area contributed by atoms with Gasteiger partial charge in [0.05, 0.1) is 36.5 Å². The SMILES string of the molecule is C[C@@H](O[C@H]1CC[C@@H](CN2CCC(C(=O)N3CCOCC3)CC2)[C@@H]1c1ccc(F)cc1)c1cc(C(F)(F)F)cc(C(F)(F)F)c1. The van der Waals surface area contributed by atoms with Gasteiger partial charge < -0.3 is 19.3 Å². The molecule has 2 aromatic carbocycles. The van der Waals surface area contributed by atoms with Crippen LogP contribution >= 0.6 is 0 Å². The molecule has 0 bridgehead atoms. The number of likely N-dealkylation sites (tertiary alicyclic amines) is 1. The molecule has 3 fully saturated rings.